The molecule has 0 amide bonds. The van der Waals surface area contributed by atoms with Gasteiger partial charge in [0, 0.05) is 30.5 Å². The van der Waals surface area contributed by atoms with Crippen LogP contribution < -0.4 is 10.6 Å². The molecule has 2 heterocycles. The Hall–Kier alpha value is -1.96. The van der Waals surface area contributed by atoms with Gasteiger partial charge < -0.3 is 15.2 Å². The average Bonchev–Trinajstić information content (AvgIpc) is 3.22. The van der Waals surface area contributed by atoms with E-state index in [1.54, 1.807) is 0 Å². The highest BCUT2D eigenvalue weighted by molar-refractivity contribution is 9.10. The normalized spacial score (nSPS) is 13.7. The number of aryl methyl sites for hydroxylation is 2. The molecule has 0 aliphatic carbocycles. The molecule has 2 aromatic rings. The first-order valence-corrected chi connectivity index (χ1v) is 9.83. The van der Waals surface area contributed by atoms with Gasteiger partial charge in [0.05, 0.1) is 0 Å². The van der Waals surface area contributed by atoms with Crippen molar-refractivity contribution in [2.75, 3.05) is 13.1 Å². The summed E-state index contributed by atoms with van der Waals surface area (Å²) in [6.45, 7) is 5.02. The molecule has 3 rings (SSSR count). The van der Waals surface area contributed by atoms with Gasteiger partial charge in [0.15, 0.2) is 11.8 Å². The van der Waals surface area contributed by atoms with Crippen LogP contribution in [0.3, 0.4) is 0 Å². The number of nitrogens with zero attached hydrogens (tertiary/aromatic N) is 4. The first-order valence-electron chi connectivity index (χ1n) is 9.04. The Morgan fingerprint density at radius 3 is 3.04 bits per heavy atom. The van der Waals surface area contributed by atoms with Gasteiger partial charge in [-0.3, -0.25) is 0 Å². The van der Waals surface area contributed by atoms with Crippen molar-refractivity contribution in [2.45, 2.75) is 45.7 Å². The van der Waals surface area contributed by atoms with Crippen molar-refractivity contribution in [1.29, 1.82) is 0 Å². The molecule has 140 valence electrons. The molecule has 0 fully saturated rings. The molecule has 0 saturated carbocycles. The number of rotatable bonds is 7. The summed E-state index contributed by atoms with van der Waals surface area (Å²) in [7, 11) is 0. The third-order valence-electron chi connectivity index (χ3n) is 4.34. The second kappa shape index (κ2) is 9.12. The standard InChI is InChI=1S/C18H24BrFN6/c1-2-21-18(23-12-17-25-24-16-6-4-10-26(16)17)22-9-3-5-13-7-8-14(19)11-15(13)20/h7-8,11H,2-6,9-10,12H2,1H3,(H2,21,22,23). The molecule has 0 unspecified atom stereocenters. The number of aromatic nitrogens is 3. The van der Waals surface area contributed by atoms with Gasteiger partial charge in [-0.05, 0) is 43.9 Å². The third-order valence-corrected chi connectivity index (χ3v) is 4.83. The van der Waals surface area contributed by atoms with E-state index >= 15 is 0 Å². The molecule has 2 N–H and O–H groups in total. The van der Waals surface area contributed by atoms with Crippen LogP contribution in [0.1, 0.15) is 37.0 Å². The van der Waals surface area contributed by atoms with Crippen molar-refractivity contribution in [3.8, 4) is 0 Å². The van der Waals surface area contributed by atoms with Crippen LogP contribution in [0.5, 0.6) is 0 Å². The zero-order valence-corrected chi connectivity index (χ0v) is 16.5. The van der Waals surface area contributed by atoms with Crippen molar-refractivity contribution in [3.63, 3.8) is 0 Å². The van der Waals surface area contributed by atoms with Gasteiger partial charge >= 0.3 is 0 Å². The Balaban J connectivity index is 1.50. The monoisotopic (exact) mass is 422 g/mol. The van der Waals surface area contributed by atoms with Gasteiger partial charge in [-0.25, -0.2) is 9.38 Å². The van der Waals surface area contributed by atoms with Crippen LogP contribution in [-0.2, 0) is 25.9 Å². The Bertz CT molecular complexity index is 773. The Kier molecular flexibility index (Phi) is 6.60. The van der Waals surface area contributed by atoms with Crippen LogP contribution >= 0.6 is 15.9 Å². The molecule has 1 aliphatic rings. The molecule has 6 nitrogen and oxygen atoms in total. The number of hydrogen-bond donors (Lipinski definition) is 2. The van der Waals surface area contributed by atoms with Crippen molar-refractivity contribution < 1.29 is 4.39 Å². The van der Waals surface area contributed by atoms with E-state index in [0.29, 0.717) is 13.0 Å². The van der Waals surface area contributed by atoms with E-state index in [4.69, 9.17) is 0 Å². The van der Waals surface area contributed by atoms with E-state index in [0.717, 1.165) is 66.5 Å². The second-order valence-electron chi connectivity index (χ2n) is 6.25. The summed E-state index contributed by atoms with van der Waals surface area (Å²) in [5, 5.41) is 15.0. The van der Waals surface area contributed by atoms with Gasteiger partial charge in [0.2, 0.25) is 0 Å². The fraction of sp³-hybridized carbons (Fsp3) is 0.500. The summed E-state index contributed by atoms with van der Waals surface area (Å²) in [5.41, 5.74) is 0.732. The molecule has 0 bridgehead atoms. The smallest absolute Gasteiger partial charge is 0.191 e. The Labute approximate surface area is 161 Å². The molecule has 26 heavy (non-hydrogen) atoms. The summed E-state index contributed by atoms with van der Waals surface area (Å²) < 4.78 is 16.8. The average molecular weight is 423 g/mol. The fourth-order valence-corrected chi connectivity index (χ4v) is 3.36. The molecule has 1 aromatic carbocycles. The minimum absolute atomic E-state index is 0.166. The third kappa shape index (κ3) is 4.81. The maximum Gasteiger partial charge on any atom is 0.191 e. The zero-order chi connectivity index (χ0) is 18.4. The highest BCUT2D eigenvalue weighted by atomic mass is 79.9. The lowest BCUT2D eigenvalue weighted by Crippen LogP contribution is -2.38. The first kappa shape index (κ1) is 18.8. The lowest BCUT2D eigenvalue weighted by atomic mass is 10.1. The van der Waals surface area contributed by atoms with Gasteiger partial charge in [0.25, 0.3) is 0 Å². The summed E-state index contributed by atoms with van der Waals surface area (Å²) in [6.07, 6.45) is 3.64. The van der Waals surface area contributed by atoms with Gasteiger partial charge in [0.1, 0.15) is 18.2 Å². The summed E-state index contributed by atoms with van der Waals surface area (Å²) >= 11 is 3.28. The van der Waals surface area contributed by atoms with E-state index in [-0.39, 0.29) is 5.82 Å². The number of hydrogen-bond acceptors (Lipinski definition) is 3. The predicted molar refractivity (Wildman–Crippen MR) is 104 cm³/mol. The molecular formula is C18H24BrFN6. The lowest BCUT2D eigenvalue weighted by molar-refractivity contribution is 0.601. The second-order valence-corrected chi connectivity index (χ2v) is 7.16. The molecule has 0 saturated heterocycles. The van der Waals surface area contributed by atoms with Crippen molar-refractivity contribution in [3.05, 3.63) is 45.7 Å². The lowest BCUT2D eigenvalue weighted by Gasteiger charge is -2.11. The maximum atomic E-state index is 13.8. The van der Waals surface area contributed by atoms with Crippen LogP contribution in [0.2, 0.25) is 0 Å². The topological polar surface area (TPSA) is 67.1 Å². The quantitative estimate of drug-likeness (QED) is 0.409. The molecule has 1 aliphatic heterocycles. The van der Waals surface area contributed by atoms with Gasteiger partial charge in [-0.2, -0.15) is 0 Å². The Morgan fingerprint density at radius 1 is 1.35 bits per heavy atom. The summed E-state index contributed by atoms with van der Waals surface area (Å²) in [6, 6.07) is 5.20. The highest BCUT2D eigenvalue weighted by Crippen LogP contribution is 2.16. The van der Waals surface area contributed by atoms with Gasteiger partial charge in [-0.1, -0.05) is 22.0 Å². The zero-order valence-electron chi connectivity index (χ0n) is 14.9. The van der Waals surface area contributed by atoms with Crippen LogP contribution in [0, 0.1) is 5.82 Å². The number of nitrogens with one attached hydrogen (secondary N) is 2. The molecule has 1 aromatic heterocycles. The molecular weight excluding hydrogens is 399 g/mol. The van der Waals surface area contributed by atoms with E-state index < -0.39 is 0 Å². The van der Waals surface area contributed by atoms with E-state index in [9.17, 15) is 4.39 Å². The summed E-state index contributed by atoms with van der Waals surface area (Å²) in [4.78, 5) is 4.60. The fourth-order valence-electron chi connectivity index (χ4n) is 3.03. The number of halogens is 2. The highest BCUT2D eigenvalue weighted by Gasteiger charge is 2.16. The van der Waals surface area contributed by atoms with Crippen LogP contribution in [0.4, 0.5) is 4.39 Å². The maximum absolute atomic E-state index is 13.8. The summed E-state index contributed by atoms with van der Waals surface area (Å²) in [5.74, 6) is 2.55. The molecule has 0 atom stereocenters. The molecule has 0 radical (unpaired) electrons. The minimum atomic E-state index is -0.166. The van der Waals surface area contributed by atoms with Crippen molar-refractivity contribution >= 4 is 21.9 Å². The predicted octanol–water partition coefficient (Wildman–Crippen LogP) is 2.81. The molecule has 0 spiro atoms. The first-order chi connectivity index (χ1) is 12.7. The van der Waals surface area contributed by atoms with E-state index in [1.165, 1.54) is 6.07 Å². The van der Waals surface area contributed by atoms with Crippen LogP contribution in [0.25, 0.3) is 0 Å². The van der Waals surface area contributed by atoms with Crippen molar-refractivity contribution in [1.82, 2.24) is 25.4 Å². The number of fused-ring (bicyclic) bond motifs is 1. The largest absolute Gasteiger partial charge is 0.357 e. The van der Waals surface area contributed by atoms with Crippen LogP contribution in [-0.4, -0.2) is 33.8 Å². The number of aliphatic imine (C=N–C) groups is 1. The Morgan fingerprint density at radius 2 is 2.23 bits per heavy atom. The van der Waals surface area contributed by atoms with Crippen LogP contribution in [0.15, 0.2) is 27.7 Å². The SMILES string of the molecule is CCNC(=NCc1nnc2n1CCC2)NCCCc1ccc(Br)cc1F. The van der Waals surface area contributed by atoms with Gasteiger partial charge in [-0.15, -0.1) is 10.2 Å². The minimum Gasteiger partial charge on any atom is -0.357 e. The van der Waals surface area contributed by atoms with E-state index in [1.807, 2.05) is 19.1 Å². The van der Waals surface area contributed by atoms with Crippen molar-refractivity contribution in [2.24, 2.45) is 4.99 Å². The van der Waals surface area contributed by atoms with E-state index in [2.05, 4.69) is 46.3 Å². The number of benzene rings is 1. The molecule has 8 heteroatoms. The number of guanidine groups is 1.